The molecule has 0 unspecified atom stereocenters. The maximum atomic E-state index is 12.1. The summed E-state index contributed by atoms with van der Waals surface area (Å²) in [6.45, 7) is 2.39. The van der Waals surface area contributed by atoms with Crippen molar-refractivity contribution in [3.05, 3.63) is 60.0 Å². The van der Waals surface area contributed by atoms with Crippen molar-refractivity contribution in [2.24, 2.45) is 5.73 Å². The van der Waals surface area contributed by atoms with Crippen molar-refractivity contribution in [3.63, 3.8) is 0 Å². The van der Waals surface area contributed by atoms with Crippen LogP contribution in [0.15, 0.2) is 48.9 Å². The molecule has 28 heavy (non-hydrogen) atoms. The molecule has 2 aromatic heterocycles. The van der Waals surface area contributed by atoms with Gasteiger partial charge in [-0.1, -0.05) is 12.1 Å². The highest BCUT2D eigenvalue weighted by molar-refractivity contribution is 5.78. The number of fused-ring (bicyclic) bond motifs is 1. The maximum Gasteiger partial charge on any atom is 0.300 e. The quantitative estimate of drug-likeness (QED) is 0.553. The van der Waals surface area contributed by atoms with E-state index in [1.165, 1.54) is 0 Å². The highest BCUT2D eigenvalue weighted by atomic mass is 16.5. The van der Waals surface area contributed by atoms with Gasteiger partial charge < -0.3 is 20.9 Å². The van der Waals surface area contributed by atoms with Crippen LogP contribution in [0.1, 0.15) is 18.1 Å². The fourth-order valence-electron chi connectivity index (χ4n) is 2.36. The van der Waals surface area contributed by atoms with Crippen molar-refractivity contribution in [2.45, 2.75) is 19.9 Å². The lowest BCUT2D eigenvalue weighted by molar-refractivity contribution is -0.134. The van der Waals surface area contributed by atoms with Crippen molar-refractivity contribution in [2.75, 3.05) is 13.2 Å². The molecule has 0 saturated heterocycles. The second-order valence-corrected chi connectivity index (χ2v) is 5.81. The number of hydrogen-bond acceptors (Lipinski definition) is 6. The first-order valence-electron chi connectivity index (χ1n) is 8.65. The first kappa shape index (κ1) is 20.8. The number of aliphatic carboxylic acids is 1. The Balaban J connectivity index is 0.000000640. The molecule has 1 aromatic carbocycles. The summed E-state index contributed by atoms with van der Waals surface area (Å²) in [5.41, 5.74) is 7.93. The smallest absolute Gasteiger partial charge is 0.300 e. The highest BCUT2D eigenvalue weighted by Crippen LogP contribution is 2.14. The van der Waals surface area contributed by atoms with E-state index >= 15 is 0 Å². The summed E-state index contributed by atoms with van der Waals surface area (Å²) in [5, 5.41) is 14.5. The number of benzene rings is 1. The van der Waals surface area contributed by atoms with E-state index in [0.29, 0.717) is 19.7 Å². The Morgan fingerprint density at radius 1 is 1.32 bits per heavy atom. The molecule has 9 nitrogen and oxygen atoms in total. The van der Waals surface area contributed by atoms with Gasteiger partial charge in [-0.15, -0.1) is 0 Å². The van der Waals surface area contributed by atoms with Crippen LogP contribution in [0, 0.1) is 0 Å². The predicted molar refractivity (Wildman–Crippen MR) is 103 cm³/mol. The van der Waals surface area contributed by atoms with Crippen LogP contribution in [0.4, 0.5) is 0 Å². The number of aromatic nitrogens is 3. The second kappa shape index (κ2) is 10.6. The van der Waals surface area contributed by atoms with Crippen molar-refractivity contribution >= 4 is 17.5 Å². The van der Waals surface area contributed by atoms with E-state index in [2.05, 4.69) is 15.4 Å². The van der Waals surface area contributed by atoms with Crippen molar-refractivity contribution in [1.82, 2.24) is 19.9 Å². The van der Waals surface area contributed by atoms with Crippen LogP contribution in [-0.2, 0) is 22.6 Å². The van der Waals surface area contributed by atoms with Crippen LogP contribution >= 0.6 is 0 Å². The van der Waals surface area contributed by atoms with Crippen LogP contribution in [0.25, 0.3) is 5.65 Å². The van der Waals surface area contributed by atoms with E-state index in [1.54, 1.807) is 16.9 Å². The molecular weight excluding hydrogens is 362 g/mol. The summed E-state index contributed by atoms with van der Waals surface area (Å²) in [5.74, 6) is -0.182. The Morgan fingerprint density at radius 3 is 2.86 bits per heavy atom. The summed E-state index contributed by atoms with van der Waals surface area (Å²) in [6.07, 6.45) is 5.52. The Labute approximate surface area is 162 Å². The van der Waals surface area contributed by atoms with Gasteiger partial charge in [-0.3, -0.25) is 9.59 Å². The van der Waals surface area contributed by atoms with Crippen LogP contribution in [0.2, 0.25) is 0 Å². The fraction of sp³-hybridized carbons (Fsp3) is 0.263. The average Bonchev–Trinajstić information content (AvgIpc) is 3.08. The molecule has 0 radical (unpaired) electrons. The zero-order valence-electron chi connectivity index (χ0n) is 15.5. The Morgan fingerprint density at radius 2 is 2.11 bits per heavy atom. The zero-order chi connectivity index (χ0) is 20.4. The summed E-state index contributed by atoms with van der Waals surface area (Å²) in [6, 6.07) is 9.27. The molecule has 0 bridgehead atoms. The first-order chi connectivity index (χ1) is 13.5. The minimum absolute atomic E-state index is 0.0683. The van der Waals surface area contributed by atoms with Crippen molar-refractivity contribution in [1.29, 1.82) is 0 Å². The Bertz CT molecular complexity index is 921. The average molecular weight is 385 g/mol. The lowest BCUT2D eigenvalue weighted by Crippen LogP contribution is -2.24. The number of carbonyl (C=O) groups excluding carboxylic acids is 1. The maximum absolute atomic E-state index is 12.1. The van der Waals surface area contributed by atoms with Gasteiger partial charge in [0.05, 0.1) is 12.6 Å². The van der Waals surface area contributed by atoms with Gasteiger partial charge in [0, 0.05) is 38.0 Å². The molecule has 4 N–H and O–H groups in total. The number of amides is 1. The molecule has 0 atom stereocenters. The molecule has 1 amide bonds. The molecule has 0 fully saturated rings. The number of rotatable bonds is 7. The predicted octanol–water partition coefficient (Wildman–Crippen LogP) is 1.02. The van der Waals surface area contributed by atoms with Gasteiger partial charge in [-0.2, -0.15) is 5.10 Å². The van der Waals surface area contributed by atoms with Crippen LogP contribution in [-0.4, -0.2) is 44.7 Å². The minimum Gasteiger partial charge on any atom is -0.492 e. The monoisotopic (exact) mass is 385 g/mol. The standard InChI is InChI=1S/C17H19N5O2.C2H4O2/c18-5-8-24-15-4-1-3-13(9-15)10-16(23)20-11-14-12-21-22-7-2-6-19-17(14)22;1-2(3)4/h1-4,6-7,9,12H,5,8,10-11,18H2,(H,20,23);1H3,(H,3,4). The number of carboxylic acid groups (broad SMARTS) is 1. The topological polar surface area (TPSA) is 132 Å². The molecule has 0 aliphatic heterocycles. The molecule has 0 spiro atoms. The van der Waals surface area contributed by atoms with Gasteiger partial charge in [0.2, 0.25) is 5.91 Å². The number of carbonyl (C=O) groups is 2. The number of nitrogens with two attached hydrogens (primary N) is 1. The minimum atomic E-state index is -0.833. The van der Waals surface area contributed by atoms with E-state index in [1.807, 2.05) is 36.5 Å². The number of nitrogens with one attached hydrogen (secondary N) is 1. The number of ether oxygens (including phenoxy) is 1. The second-order valence-electron chi connectivity index (χ2n) is 5.81. The molecule has 3 rings (SSSR count). The largest absolute Gasteiger partial charge is 0.492 e. The summed E-state index contributed by atoms with van der Waals surface area (Å²) in [7, 11) is 0. The van der Waals surface area contributed by atoms with E-state index in [4.69, 9.17) is 20.4 Å². The SMILES string of the molecule is CC(=O)O.NCCOc1cccc(CC(=O)NCc2cnn3cccnc23)c1. The summed E-state index contributed by atoms with van der Waals surface area (Å²) < 4.78 is 7.15. The lowest BCUT2D eigenvalue weighted by Gasteiger charge is -2.07. The summed E-state index contributed by atoms with van der Waals surface area (Å²) in [4.78, 5) is 25.4. The van der Waals surface area contributed by atoms with E-state index in [-0.39, 0.29) is 12.3 Å². The molecule has 0 saturated carbocycles. The Hall–Kier alpha value is -3.46. The zero-order valence-corrected chi connectivity index (χ0v) is 15.5. The van der Waals surface area contributed by atoms with E-state index in [9.17, 15) is 4.79 Å². The molecule has 0 aliphatic rings. The molecule has 2 heterocycles. The molecule has 3 aromatic rings. The fourth-order valence-corrected chi connectivity index (χ4v) is 2.36. The highest BCUT2D eigenvalue weighted by Gasteiger charge is 2.08. The third kappa shape index (κ3) is 6.69. The molecule has 9 heteroatoms. The van der Waals surface area contributed by atoms with Gasteiger partial charge >= 0.3 is 0 Å². The van der Waals surface area contributed by atoms with Crippen LogP contribution in [0.5, 0.6) is 5.75 Å². The molecule has 148 valence electrons. The van der Waals surface area contributed by atoms with Gasteiger partial charge in [-0.05, 0) is 23.8 Å². The molecular formula is C19H23N5O4. The van der Waals surface area contributed by atoms with Gasteiger partial charge in [0.15, 0.2) is 5.65 Å². The van der Waals surface area contributed by atoms with Gasteiger partial charge in [0.25, 0.3) is 5.97 Å². The van der Waals surface area contributed by atoms with Crippen molar-refractivity contribution < 1.29 is 19.4 Å². The van der Waals surface area contributed by atoms with Crippen LogP contribution in [0.3, 0.4) is 0 Å². The number of nitrogens with zero attached hydrogens (tertiary/aromatic N) is 3. The Kier molecular flexibility index (Phi) is 7.92. The van der Waals surface area contributed by atoms with Crippen molar-refractivity contribution in [3.8, 4) is 5.75 Å². The van der Waals surface area contributed by atoms with E-state index < -0.39 is 5.97 Å². The number of carboxylic acids is 1. The third-order valence-electron chi connectivity index (χ3n) is 3.48. The summed E-state index contributed by atoms with van der Waals surface area (Å²) >= 11 is 0. The first-order valence-corrected chi connectivity index (χ1v) is 8.65. The third-order valence-corrected chi connectivity index (χ3v) is 3.48. The lowest BCUT2D eigenvalue weighted by atomic mass is 10.1. The van der Waals surface area contributed by atoms with E-state index in [0.717, 1.165) is 29.4 Å². The normalized spacial score (nSPS) is 10.1. The van der Waals surface area contributed by atoms with Gasteiger partial charge in [0.1, 0.15) is 12.4 Å². The molecule has 0 aliphatic carbocycles. The van der Waals surface area contributed by atoms with Crippen LogP contribution < -0.4 is 15.8 Å². The number of hydrogen-bond donors (Lipinski definition) is 3. The van der Waals surface area contributed by atoms with Gasteiger partial charge in [-0.25, -0.2) is 9.50 Å².